The third kappa shape index (κ3) is 3.79. The summed E-state index contributed by atoms with van der Waals surface area (Å²) >= 11 is 0. The highest BCUT2D eigenvalue weighted by molar-refractivity contribution is 5.26. The van der Waals surface area contributed by atoms with Gasteiger partial charge in [-0.25, -0.2) is 4.39 Å². The highest BCUT2D eigenvalue weighted by Gasteiger charge is 2.17. The molecule has 0 aliphatic rings. The molecular formula is C14H22FNO. The molecule has 2 unspecified atom stereocenters. The Morgan fingerprint density at radius 3 is 2.65 bits per heavy atom. The molecule has 1 aromatic carbocycles. The van der Waals surface area contributed by atoms with Gasteiger partial charge in [0.05, 0.1) is 0 Å². The van der Waals surface area contributed by atoms with Crippen molar-refractivity contribution in [2.45, 2.75) is 26.3 Å². The van der Waals surface area contributed by atoms with Crippen molar-refractivity contribution in [3.63, 3.8) is 0 Å². The summed E-state index contributed by atoms with van der Waals surface area (Å²) in [6.45, 7) is 4.73. The topological polar surface area (TPSA) is 21.3 Å². The molecule has 17 heavy (non-hydrogen) atoms. The van der Waals surface area contributed by atoms with Crippen molar-refractivity contribution >= 4 is 0 Å². The van der Waals surface area contributed by atoms with Gasteiger partial charge < -0.3 is 10.1 Å². The quantitative estimate of drug-likeness (QED) is 0.823. The van der Waals surface area contributed by atoms with Crippen molar-refractivity contribution in [2.24, 2.45) is 5.92 Å². The average molecular weight is 239 g/mol. The predicted octanol–water partition coefficient (Wildman–Crippen LogP) is 3.07. The van der Waals surface area contributed by atoms with E-state index in [0.717, 1.165) is 18.6 Å². The van der Waals surface area contributed by atoms with Crippen molar-refractivity contribution in [1.29, 1.82) is 0 Å². The molecule has 0 heterocycles. The molecule has 0 radical (unpaired) electrons. The van der Waals surface area contributed by atoms with Crippen LogP contribution in [-0.4, -0.2) is 20.8 Å². The Balaban J connectivity index is 2.81. The number of hydrogen-bond donors (Lipinski definition) is 1. The lowest BCUT2D eigenvalue weighted by Gasteiger charge is -2.24. The zero-order chi connectivity index (χ0) is 12.8. The van der Waals surface area contributed by atoms with Gasteiger partial charge in [0, 0.05) is 19.8 Å². The summed E-state index contributed by atoms with van der Waals surface area (Å²) in [4.78, 5) is 0. The van der Waals surface area contributed by atoms with Crippen LogP contribution in [0.3, 0.4) is 0 Å². The Morgan fingerprint density at radius 2 is 2.12 bits per heavy atom. The number of nitrogens with one attached hydrogen (secondary N) is 1. The number of aryl methyl sites for hydroxylation is 1. The van der Waals surface area contributed by atoms with Crippen LogP contribution in [0.25, 0.3) is 0 Å². The molecule has 1 aromatic rings. The monoisotopic (exact) mass is 239 g/mol. The lowest BCUT2D eigenvalue weighted by Crippen LogP contribution is -2.24. The van der Waals surface area contributed by atoms with Gasteiger partial charge in [0.2, 0.25) is 0 Å². The van der Waals surface area contributed by atoms with Gasteiger partial charge in [-0.05, 0) is 43.5 Å². The molecule has 1 rings (SSSR count). The van der Waals surface area contributed by atoms with Crippen LogP contribution < -0.4 is 5.32 Å². The molecule has 2 nitrogen and oxygen atoms in total. The van der Waals surface area contributed by atoms with Gasteiger partial charge in [-0.3, -0.25) is 0 Å². The van der Waals surface area contributed by atoms with Crippen LogP contribution in [0, 0.1) is 18.7 Å². The molecule has 0 bridgehead atoms. The first-order chi connectivity index (χ1) is 8.10. The van der Waals surface area contributed by atoms with E-state index in [2.05, 4.69) is 12.2 Å². The standard InChI is InChI=1S/C14H22FNO/c1-10(7-8-17-4)14(16-3)12-5-6-13(15)11(2)9-12/h5-6,9-10,14,16H,7-8H2,1-4H3. The van der Waals surface area contributed by atoms with E-state index >= 15 is 0 Å². The van der Waals surface area contributed by atoms with E-state index < -0.39 is 0 Å². The molecule has 0 aromatic heterocycles. The second-order valence-corrected chi connectivity index (χ2v) is 4.53. The zero-order valence-corrected chi connectivity index (χ0v) is 11.1. The molecule has 3 heteroatoms. The first kappa shape index (κ1) is 14.1. The van der Waals surface area contributed by atoms with Crippen LogP contribution in [0.4, 0.5) is 4.39 Å². The fourth-order valence-electron chi connectivity index (χ4n) is 2.11. The number of rotatable bonds is 6. The van der Waals surface area contributed by atoms with E-state index in [-0.39, 0.29) is 11.9 Å². The SMILES string of the molecule is CNC(c1ccc(F)c(C)c1)C(C)CCOC. The molecule has 0 aliphatic heterocycles. The molecule has 0 spiro atoms. The van der Waals surface area contributed by atoms with E-state index in [0.29, 0.717) is 11.5 Å². The van der Waals surface area contributed by atoms with E-state index in [4.69, 9.17) is 4.74 Å². The largest absolute Gasteiger partial charge is 0.385 e. The highest BCUT2D eigenvalue weighted by atomic mass is 19.1. The number of halogens is 1. The average Bonchev–Trinajstić information content (AvgIpc) is 2.32. The Bertz CT molecular complexity index is 354. The van der Waals surface area contributed by atoms with Crippen molar-refractivity contribution in [3.05, 3.63) is 35.1 Å². The first-order valence-electron chi connectivity index (χ1n) is 6.02. The molecule has 0 aliphatic carbocycles. The molecule has 0 fully saturated rings. The Morgan fingerprint density at radius 1 is 1.41 bits per heavy atom. The smallest absolute Gasteiger partial charge is 0.126 e. The third-order valence-electron chi connectivity index (χ3n) is 3.20. The fraction of sp³-hybridized carbons (Fsp3) is 0.571. The van der Waals surface area contributed by atoms with Crippen molar-refractivity contribution in [2.75, 3.05) is 20.8 Å². The summed E-state index contributed by atoms with van der Waals surface area (Å²) in [5.74, 6) is 0.304. The molecule has 2 atom stereocenters. The normalized spacial score (nSPS) is 14.6. The van der Waals surface area contributed by atoms with Crippen LogP contribution >= 0.6 is 0 Å². The maximum atomic E-state index is 13.2. The predicted molar refractivity (Wildman–Crippen MR) is 68.6 cm³/mol. The third-order valence-corrected chi connectivity index (χ3v) is 3.20. The highest BCUT2D eigenvalue weighted by Crippen LogP contribution is 2.25. The van der Waals surface area contributed by atoms with Crippen molar-refractivity contribution in [1.82, 2.24) is 5.32 Å². The van der Waals surface area contributed by atoms with Gasteiger partial charge >= 0.3 is 0 Å². The van der Waals surface area contributed by atoms with Gasteiger partial charge in [0.25, 0.3) is 0 Å². The minimum Gasteiger partial charge on any atom is -0.385 e. The van der Waals surface area contributed by atoms with Gasteiger partial charge in [0.1, 0.15) is 5.82 Å². The van der Waals surface area contributed by atoms with Gasteiger partial charge in [0.15, 0.2) is 0 Å². The molecule has 1 N–H and O–H groups in total. The number of ether oxygens (including phenoxy) is 1. The van der Waals surface area contributed by atoms with Crippen molar-refractivity contribution < 1.29 is 9.13 Å². The van der Waals surface area contributed by atoms with Crippen LogP contribution in [0.1, 0.15) is 30.5 Å². The molecule has 0 saturated heterocycles. The van der Waals surface area contributed by atoms with Crippen LogP contribution in [0.15, 0.2) is 18.2 Å². The van der Waals surface area contributed by atoms with E-state index in [1.807, 2.05) is 19.2 Å². The lowest BCUT2D eigenvalue weighted by molar-refractivity contribution is 0.171. The second kappa shape index (κ2) is 6.72. The van der Waals surface area contributed by atoms with Gasteiger partial charge in [-0.2, -0.15) is 0 Å². The summed E-state index contributed by atoms with van der Waals surface area (Å²) in [7, 11) is 3.65. The van der Waals surface area contributed by atoms with E-state index in [1.54, 1.807) is 14.0 Å². The maximum Gasteiger partial charge on any atom is 0.126 e. The zero-order valence-electron chi connectivity index (χ0n) is 11.1. The van der Waals surface area contributed by atoms with Crippen molar-refractivity contribution in [3.8, 4) is 0 Å². The Labute approximate surface area is 103 Å². The summed E-state index contributed by atoms with van der Waals surface area (Å²) in [5, 5.41) is 3.30. The summed E-state index contributed by atoms with van der Waals surface area (Å²) < 4.78 is 18.3. The number of benzene rings is 1. The lowest BCUT2D eigenvalue weighted by atomic mass is 9.91. The van der Waals surface area contributed by atoms with Crippen LogP contribution in [0.5, 0.6) is 0 Å². The van der Waals surface area contributed by atoms with Crippen LogP contribution in [0.2, 0.25) is 0 Å². The Hall–Kier alpha value is -0.930. The number of methoxy groups -OCH3 is 1. The maximum absolute atomic E-state index is 13.2. The van der Waals surface area contributed by atoms with Gasteiger partial charge in [-0.1, -0.05) is 19.1 Å². The number of hydrogen-bond acceptors (Lipinski definition) is 2. The second-order valence-electron chi connectivity index (χ2n) is 4.53. The minimum absolute atomic E-state index is 0.145. The Kier molecular flexibility index (Phi) is 5.59. The first-order valence-corrected chi connectivity index (χ1v) is 6.02. The molecular weight excluding hydrogens is 217 g/mol. The summed E-state index contributed by atoms with van der Waals surface area (Å²) in [5.41, 5.74) is 1.83. The molecule has 96 valence electrons. The van der Waals surface area contributed by atoms with E-state index in [1.165, 1.54) is 6.07 Å². The van der Waals surface area contributed by atoms with Gasteiger partial charge in [-0.15, -0.1) is 0 Å². The molecule has 0 amide bonds. The summed E-state index contributed by atoms with van der Waals surface area (Å²) in [6.07, 6.45) is 0.985. The van der Waals surface area contributed by atoms with E-state index in [9.17, 15) is 4.39 Å². The summed E-state index contributed by atoms with van der Waals surface area (Å²) in [6, 6.07) is 5.55. The minimum atomic E-state index is -0.145. The molecule has 0 saturated carbocycles. The van der Waals surface area contributed by atoms with Crippen LogP contribution in [-0.2, 0) is 4.74 Å². The fourth-order valence-corrected chi connectivity index (χ4v) is 2.11.